The van der Waals surface area contributed by atoms with Gasteiger partial charge in [0.25, 0.3) is 0 Å². The highest BCUT2D eigenvalue weighted by Crippen LogP contribution is 2.27. The van der Waals surface area contributed by atoms with E-state index in [9.17, 15) is 0 Å². The SMILES string of the molecule is Cc1ccc(N2CCC[C@@H](Nc3ncnc4ccsc34)C2)nn1. The van der Waals surface area contributed by atoms with E-state index >= 15 is 0 Å². The fourth-order valence-electron chi connectivity index (χ4n) is 2.95. The molecule has 1 aliphatic heterocycles. The number of thiophene rings is 1. The Kier molecular flexibility index (Phi) is 3.78. The van der Waals surface area contributed by atoms with Crippen LogP contribution in [0.2, 0.25) is 0 Å². The number of hydrogen-bond acceptors (Lipinski definition) is 7. The molecule has 23 heavy (non-hydrogen) atoms. The largest absolute Gasteiger partial charge is 0.364 e. The van der Waals surface area contributed by atoms with E-state index in [0.717, 1.165) is 53.5 Å². The van der Waals surface area contributed by atoms with E-state index in [4.69, 9.17) is 0 Å². The predicted molar refractivity (Wildman–Crippen MR) is 93.0 cm³/mol. The molecule has 6 nitrogen and oxygen atoms in total. The second-order valence-corrected chi connectivity index (χ2v) is 6.74. The Morgan fingerprint density at radius 1 is 1.22 bits per heavy atom. The maximum absolute atomic E-state index is 4.42. The summed E-state index contributed by atoms with van der Waals surface area (Å²) in [5.41, 5.74) is 1.95. The van der Waals surface area contributed by atoms with Crippen LogP contribution in [0.3, 0.4) is 0 Å². The zero-order valence-corrected chi connectivity index (χ0v) is 13.8. The first kappa shape index (κ1) is 14.3. The molecule has 1 saturated heterocycles. The van der Waals surface area contributed by atoms with E-state index in [1.165, 1.54) is 0 Å². The minimum Gasteiger partial charge on any atom is -0.364 e. The van der Waals surface area contributed by atoms with Gasteiger partial charge in [-0.05, 0) is 43.3 Å². The Morgan fingerprint density at radius 3 is 3.04 bits per heavy atom. The lowest BCUT2D eigenvalue weighted by molar-refractivity contribution is 0.524. The number of nitrogens with one attached hydrogen (secondary N) is 1. The summed E-state index contributed by atoms with van der Waals surface area (Å²) < 4.78 is 1.12. The van der Waals surface area contributed by atoms with Gasteiger partial charge in [0, 0.05) is 19.1 Å². The summed E-state index contributed by atoms with van der Waals surface area (Å²) in [6, 6.07) is 6.44. The van der Waals surface area contributed by atoms with Gasteiger partial charge in [-0.2, -0.15) is 5.10 Å². The zero-order chi connectivity index (χ0) is 15.6. The number of hydrogen-bond donors (Lipinski definition) is 1. The van der Waals surface area contributed by atoms with Gasteiger partial charge in [0.15, 0.2) is 5.82 Å². The lowest BCUT2D eigenvalue weighted by atomic mass is 10.1. The number of nitrogens with zero attached hydrogens (tertiary/aromatic N) is 5. The van der Waals surface area contributed by atoms with Crippen molar-refractivity contribution in [1.82, 2.24) is 20.2 Å². The normalized spacial score (nSPS) is 18.3. The fraction of sp³-hybridized carbons (Fsp3) is 0.375. The van der Waals surface area contributed by atoms with Crippen LogP contribution >= 0.6 is 11.3 Å². The smallest absolute Gasteiger partial charge is 0.151 e. The maximum Gasteiger partial charge on any atom is 0.151 e. The van der Waals surface area contributed by atoms with Crippen LogP contribution in [0.1, 0.15) is 18.5 Å². The van der Waals surface area contributed by atoms with Crippen molar-refractivity contribution in [3.8, 4) is 0 Å². The van der Waals surface area contributed by atoms with Crippen LogP contribution in [0.4, 0.5) is 11.6 Å². The number of rotatable bonds is 3. The van der Waals surface area contributed by atoms with Gasteiger partial charge in [-0.1, -0.05) is 0 Å². The number of anilines is 2. The molecule has 1 fully saturated rings. The highest BCUT2D eigenvalue weighted by molar-refractivity contribution is 7.17. The summed E-state index contributed by atoms with van der Waals surface area (Å²) in [5.74, 6) is 1.89. The molecule has 1 N–H and O–H groups in total. The number of aromatic nitrogens is 4. The first-order valence-electron chi connectivity index (χ1n) is 7.79. The fourth-order valence-corrected chi connectivity index (χ4v) is 3.75. The van der Waals surface area contributed by atoms with Gasteiger partial charge in [0.1, 0.15) is 12.1 Å². The Hall–Kier alpha value is -2.28. The molecular weight excluding hydrogens is 308 g/mol. The van der Waals surface area contributed by atoms with Gasteiger partial charge in [-0.3, -0.25) is 0 Å². The standard InChI is InChI=1S/C16H18N6S/c1-11-4-5-14(21-20-11)22-7-2-3-12(9-22)19-16-15-13(6-8-23-15)17-10-18-16/h4-6,8,10,12H,2-3,7,9H2,1H3,(H,17,18,19)/t12-/m1/s1. The van der Waals surface area contributed by atoms with Crippen LogP contribution in [0, 0.1) is 6.92 Å². The lowest BCUT2D eigenvalue weighted by Gasteiger charge is -2.34. The van der Waals surface area contributed by atoms with E-state index in [1.807, 2.05) is 25.1 Å². The molecule has 0 amide bonds. The van der Waals surface area contributed by atoms with Gasteiger partial charge >= 0.3 is 0 Å². The van der Waals surface area contributed by atoms with Crippen molar-refractivity contribution < 1.29 is 0 Å². The van der Waals surface area contributed by atoms with Gasteiger partial charge in [-0.25, -0.2) is 9.97 Å². The Balaban J connectivity index is 1.51. The number of piperidine rings is 1. The summed E-state index contributed by atoms with van der Waals surface area (Å²) in [7, 11) is 0. The molecule has 118 valence electrons. The van der Waals surface area contributed by atoms with Crippen LogP contribution in [0.5, 0.6) is 0 Å². The van der Waals surface area contributed by atoms with Crippen LogP contribution in [0.15, 0.2) is 29.9 Å². The Morgan fingerprint density at radius 2 is 2.17 bits per heavy atom. The summed E-state index contributed by atoms with van der Waals surface area (Å²) in [6.07, 6.45) is 3.89. The average molecular weight is 326 g/mol. The van der Waals surface area contributed by atoms with Crippen molar-refractivity contribution in [3.05, 3.63) is 35.6 Å². The molecule has 4 rings (SSSR count). The van der Waals surface area contributed by atoms with Crippen molar-refractivity contribution >= 4 is 33.2 Å². The minimum atomic E-state index is 0.354. The van der Waals surface area contributed by atoms with Crippen molar-refractivity contribution in [2.24, 2.45) is 0 Å². The van der Waals surface area contributed by atoms with Gasteiger partial charge in [0.2, 0.25) is 0 Å². The third-order valence-electron chi connectivity index (χ3n) is 4.11. The minimum absolute atomic E-state index is 0.354. The third kappa shape index (κ3) is 2.96. The molecule has 1 aliphatic rings. The van der Waals surface area contributed by atoms with Crippen LogP contribution in [-0.4, -0.2) is 39.3 Å². The summed E-state index contributed by atoms with van der Waals surface area (Å²) in [6.45, 7) is 3.89. The lowest BCUT2D eigenvalue weighted by Crippen LogP contribution is -2.42. The molecule has 1 atom stereocenters. The Bertz CT molecular complexity index is 800. The summed E-state index contributed by atoms with van der Waals surface area (Å²) in [4.78, 5) is 11.0. The molecule has 0 radical (unpaired) electrons. The topological polar surface area (TPSA) is 66.8 Å². The maximum atomic E-state index is 4.42. The molecule has 7 heteroatoms. The zero-order valence-electron chi connectivity index (χ0n) is 12.9. The molecule has 3 aromatic heterocycles. The van der Waals surface area contributed by atoms with Crippen molar-refractivity contribution in [3.63, 3.8) is 0 Å². The van der Waals surface area contributed by atoms with E-state index in [0.29, 0.717) is 6.04 Å². The molecule has 0 spiro atoms. The molecule has 0 aliphatic carbocycles. The summed E-state index contributed by atoms with van der Waals surface area (Å²) in [5, 5.41) is 14.1. The molecular formula is C16H18N6S. The van der Waals surface area contributed by atoms with E-state index in [1.54, 1.807) is 17.7 Å². The van der Waals surface area contributed by atoms with E-state index < -0.39 is 0 Å². The van der Waals surface area contributed by atoms with Gasteiger partial charge in [-0.15, -0.1) is 16.4 Å². The molecule has 0 bridgehead atoms. The van der Waals surface area contributed by atoms with E-state index in [-0.39, 0.29) is 0 Å². The second-order valence-electron chi connectivity index (χ2n) is 5.82. The molecule has 0 unspecified atom stereocenters. The number of aryl methyl sites for hydroxylation is 1. The highest BCUT2D eigenvalue weighted by Gasteiger charge is 2.22. The van der Waals surface area contributed by atoms with Crippen LogP contribution in [-0.2, 0) is 0 Å². The average Bonchev–Trinajstić information content (AvgIpc) is 3.06. The monoisotopic (exact) mass is 326 g/mol. The molecule has 4 heterocycles. The Labute approximate surface area is 138 Å². The summed E-state index contributed by atoms with van der Waals surface area (Å²) >= 11 is 1.68. The number of fused-ring (bicyclic) bond motifs is 1. The second kappa shape index (κ2) is 6.08. The third-order valence-corrected chi connectivity index (χ3v) is 5.02. The van der Waals surface area contributed by atoms with Crippen molar-refractivity contribution in [2.75, 3.05) is 23.3 Å². The van der Waals surface area contributed by atoms with Crippen LogP contribution in [0.25, 0.3) is 10.2 Å². The quantitative estimate of drug-likeness (QED) is 0.798. The van der Waals surface area contributed by atoms with Gasteiger partial charge < -0.3 is 10.2 Å². The predicted octanol–water partition coefficient (Wildman–Crippen LogP) is 2.87. The first-order valence-corrected chi connectivity index (χ1v) is 8.67. The van der Waals surface area contributed by atoms with Crippen molar-refractivity contribution in [2.45, 2.75) is 25.8 Å². The van der Waals surface area contributed by atoms with E-state index in [2.05, 4.69) is 35.8 Å². The first-order chi connectivity index (χ1) is 11.3. The van der Waals surface area contributed by atoms with Crippen molar-refractivity contribution in [1.29, 1.82) is 0 Å². The molecule has 0 aromatic carbocycles. The highest BCUT2D eigenvalue weighted by atomic mass is 32.1. The van der Waals surface area contributed by atoms with Crippen LogP contribution < -0.4 is 10.2 Å². The van der Waals surface area contributed by atoms with Gasteiger partial charge in [0.05, 0.1) is 15.9 Å². The molecule has 3 aromatic rings. The molecule has 0 saturated carbocycles.